The maximum atomic E-state index is 13.7. The van der Waals surface area contributed by atoms with E-state index in [1.54, 1.807) is 0 Å². The van der Waals surface area contributed by atoms with Crippen LogP contribution in [0.2, 0.25) is 0 Å². The zero-order chi connectivity index (χ0) is 17.1. The van der Waals surface area contributed by atoms with Gasteiger partial charge in [0.05, 0.1) is 5.69 Å². The van der Waals surface area contributed by atoms with Gasteiger partial charge in [0.2, 0.25) is 0 Å². The highest BCUT2D eigenvalue weighted by molar-refractivity contribution is 5.63. The number of benzene rings is 2. The molecule has 24 heavy (non-hydrogen) atoms. The van der Waals surface area contributed by atoms with E-state index in [1.807, 2.05) is 31.2 Å². The van der Waals surface area contributed by atoms with E-state index in [1.165, 1.54) is 12.4 Å². The molecule has 4 nitrogen and oxygen atoms in total. The van der Waals surface area contributed by atoms with Crippen molar-refractivity contribution in [3.8, 4) is 0 Å². The van der Waals surface area contributed by atoms with Crippen molar-refractivity contribution in [3.63, 3.8) is 0 Å². The van der Waals surface area contributed by atoms with Gasteiger partial charge in [-0.1, -0.05) is 12.1 Å². The first-order valence-corrected chi connectivity index (χ1v) is 7.09. The minimum atomic E-state index is -1.54. The number of rotatable bonds is 4. The van der Waals surface area contributed by atoms with Crippen LogP contribution < -0.4 is 10.6 Å². The van der Waals surface area contributed by atoms with Crippen molar-refractivity contribution in [1.82, 2.24) is 9.97 Å². The number of hydrogen-bond donors (Lipinski definition) is 2. The van der Waals surface area contributed by atoms with Gasteiger partial charge in [-0.05, 0) is 36.8 Å². The summed E-state index contributed by atoms with van der Waals surface area (Å²) in [6.45, 7) is 1.96. The van der Waals surface area contributed by atoms with E-state index in [4.69, 9.17) is 0 Å². The Morgan fingerprint density at radius 2 is 1.58 bits per heavy atom. The van der Waals surface area contributed by atoms with Gasteiger partial charge < -0.3 is 10.6 Å². The lowest BCUT2D eigenvalue weighted by Crippen LogP contribution is -2.02. The second-order valence-corrected chi connectivity index (χ2v) is 5.13. The Balaban J connectivity index is 1.82. The average molecular weight is 330 g/mol. The van der Waals surface area contributed by atoms with Crippen molar-refractivity contribution in [1.29, 1.82) is 0 Å². The molecule has 2 aromatic carbocycles. The Morgan fingerprint density at radius 3 is 2.33 bits per heavy atom. The first-order valence-electron chi connectivity index (χ1n) is 7.09. The smallest absolute Gasteiger partial charge is 0.196 e. The van der Waals surface area contributed by atoms with Crippen LogP contribution in [0.1, 0.15) is 5.56 Å². The van der Waals surface area contributed by atoms with E-state index in [0.29, 0.717) is 5.82 Å². The van der Waals surface area contributed by atoms with Crippen LogP contribution in [-0.2, 0) is 0 Å². The van der Waals surface area contributed by atoms with Gasteiger partial charge in [-0.3, -0.25) is 0 Å². The molecule has 0 saturated heterocycles. The number of hydrogen-bond acceptors (Lipinski definition) is 4. The number of aromatic nitrogens is 2. The molecule has 0 fully saturated rings. The Morgan fingerprint density at radius 1 is 0.833 bits per heavy atom. The highest BCUT2D eigenvalue weighted by Gasteiger charge is 2.14. The van der Waals surface area contributed by atoms with Crippen LogP contribution in [0, 0.1) is 24.4 Å². The molecule has 1 aromatic heterocycles. The second kappa shape index (κ2) is 6.57. The Kier molecular flexibility index (Phi) is 4.33. The lowest BCUT2D eigenvalue weighted by Gasteiger charge is -2.10. The van der Waals surface area contributed by atoms with Crippen molar-refractivity contribution in [2.75, 3.05) is 10.6 Å². The van der Waals surface area contributed by atoms with E-state index in [9.17, 15) is 13.2 Å². The molecule has 2 N–H and O–H groups in total. The third kappa shape index (κ3) is 3.45. The summed E-state index contributed by atoms with van der Waals surface area (Å²) in [5.74, 6) is -3.37. The van der Waals surface area contributed by atoms with Gasteiger partial charge >= 0.3 is 0 Å². The van der Waals surface area contributed by atoms with Crippen LogP contribution in [0.25, 0.3) is 0 Å². The molecule has 3 aromatic rings. The molecule has 1 heterocycles. The van der Waals surface area contributed by atoms with Gasteiger partial charge in [0.25, 0.3) is 0 Å². The van der Waals surface area contributed by atoms with Gasteiger partial charge in [-0.2, -0.15) is 0 Å². The fourth-order valence-corrected chi connectivity index (χ4v) is 2.13. The van der Waals surface area contributed by atoms with E-state index in [2.05, 4.69) is 20.6 Å². The van der Waals surface area contributed by atoms with Crippen LogP contribution in [0.4, 0.5) is 36.2 Å². The Labute approximate surface area is 136 Å². The average Bonchev–Trinajstić information content (AvgIpc) is 2.56. The number of nitrogens with one attached hydrogen (secondary N) is 2. The molecule has 122 valence electrons. The fraction of sp³-hybridized carbons (Fsp3) is 0.0588. The topological polar surface area (TPSA) is 49.8 Å². The minimum Gasteiger partial charge on any atom is -0.340 e. The highest BCUT2D eigenvalue weighted by Crippen LogP contribution is 2.24. The zero-order valence-corrected chi connectivity index (χ0v) is 12.6. The fourth-order valence-electron chi connectivity index (χ4n) is 2.13. The van der Waals surface area contributed by atoms with Crippen LogP contribution in [0.15, 0.2) is 48.8 Å². The second-order valence-electron chi connectivity index (χ2n) is 5.13. The molecule has 0 bridgehead atoms. The van der Waals surface area contributed by atoms with Crippen LogP contribution in [-0.4, -0.2) is 9.97 Å². The van der Waals surface area contributed by atoms with Gasteiger partial charge in [-0.15, -0.1) is 0 Å². The van der Waals surface area contributed by atoms with Gasteiger partial charge in [0.1, 0.15) is 18.0 Å². The third-order valence-corrected chi connectivity index (χ3v) is 3.26. The van der Waals surface area contributed by atoms with Crippen molar-refractivity contribution in [2.45, 2.75) is 6.92 Å². The number of nitrogens with zero attached hydrogens (tertiary/aromatic N) is 2. The molecule has 0 saturated carbocycles. The van der Waals surface area contributed by atoms with Crippen LogP contribution >= 0.6 is 0 Å². The summed E-state index contributed by atoms with van der Waals surface area (Å²) in [5.41, 5.74) is 1.70. The van der Waals surface area contributed by atoms with E-state index >= 15 is 0 Å². The predicted molar refractivity (Wildman–Crippen MR) is 86.1 cm³/mol. The Hall–Kier alpha value is -3.09. The number of halogens is 3. The van der Waals surface area contributed by atoms with Gasteiger partial charge in [0.15, 0.2) is 17.5 Å². The van der Waals surface area contributed by atoms with Crippen molar-refractivity contribution < 1.29 is 13.2 Å². The van der Waals surface area contributed by atoms with Crippen molar-refractivity contribution in [3.05, 3.63) is 71.8 Å². The maximum absolute atomic E-state index is 13.7. The summed E-state index contributed by atoms with van der Waals surface area (Å²) < 4.78 is 39.9. The first kappa shape index (κ1) is 15.8. The lowest BCUT2D eigenvalue weighted by molar-refractivity contribution is 0.449. The number of anilines is 4. The molecular weight excluding hydrogens is 317 g/mol. The molecule has 0 unspecified atom stereocenters. The van der Waals surface area contributed by atoms with Gasteiger partial charge in [0, 0.05) is 11.8 Å². The SMILES string of the molecule is Cc1cccc(Nc2cc(Nc3ccc(F)c(F)c3F)ncn2)c1. The molecule has 0 aliphatic rings. The molecule has 0 atom stereocenters. The molecule has 0 radical (unpaired) electrons. The third-order valence-electron chi connectivity index (χ3n) is 3.26. The first-order chi connectivity index (χ1) is 11.5. The standard InChI is InChI=1S/C17H13F3N4/c1-10-3-2-4-11(7-10)23-14-8-15(22-9-21-14)24-13-6-5-12(18)16(19)17(13)20/h2-9H,1H3,(H2,21,22,23,24). The summed E-state index contributed by atoms with van der Waals surface area (Å²) in [5, 5.41) is 5.69. The molecule has 3 rings (SSSR count). The molecule has 0 aliphatic carbocycles. The monoisotopic (exact) mass is 330 g/mol. The summed E-state index contributed by atoms with van der Waals surface area (Å²) in [7, 11) is 0. The summed E-state index contributed by atoms with van der Waals surface area (Å²) >= 11 is 0. The van der Waals surface area contributed by atoms with Gasteiger partial charge in [-0.25, -0.2) is 23.1 Å². The largest absolute Gasteiger partial charge is 0.340 e. The van der Waals surface area contributed by atoms with Crippen molar-refractivity contribution in [2.24, 2.45) is 0 Å². The zero-order valence-electron chi connectivity index (χ0n) is 12.6. The van der Waals surface area contributed by atoms with Crippen LogP contribution in [0.3, 0.4) is 0 Å². The van der Waals surface area contributed by atoms with E-state index in [-0.39, 0.29) is 11.5 Å². The van der Waals surface area contributed by atoms with E-state index in [0.717, 1.165) is 23.4 Å². The van der Waals surface area contributed by atoms with Crippen LogP contribution in [0.5, 0.6) is 0 Å². The minimum absolute atomic E-state index is 0.214. The summed E-state index contributed by atoms with van der Waals surface area (Å²) in [4.78, 5) is 8.01. The quantitative estimate of drug-likeness (QED) is 0.682. The molecule has 0 spiro atoms. The molecule has 0 amide bonds. The van der Waals surface area contributed by atoms with E-state index < -0.39 is 17.5 Å². The molecule has 0 aliphatic heterocycles. The molecule has 7 heteroatoms. The number of aryl methyl sites for hydroxylation is 1. The highest BCUT2D eigenvalue weighted by atomic mass is 19.2. The predicted octanol–water partition coefficient (Wildman–Crippen LogP) is 4.69. The lowest BCUT2D eigenvalue weighted by atomic mass is 10.2. The normalized spacial score (nSPS) is 10.5. The molecular formula is C17H13F3N4. The maximum Gasteiger partial charge on any atom is 0.196 e. The summed E-state index contributed by atoms with van der Waals surface area (Å²) in [6.07, 6.45) is 1.28. The summed E-state index contributed by atoms with van der Waals surface area (Å²) in [6, 6.07) is 11.1. The van der Waals surface area contributed by atoms with Crippen molar-refractivity contribution >= 4 is 23.0 Å². The Bertz CT molecular complexity index is 883.